The second kappa shape index (κ2) is 5.68. The van der Waals surface area contributed by atoms with E-state index in [0.29, 0.717) is 10.9 Å². The molecule has 0 atom stereocenters. The Labute approximate surface area is 128 Å². The molecule has 0 saturated heterocycles. The number of aromatic amines is 1. The molecule has 0 amide bonds. The molecule has 1 N–H and O–H groups in total. The molecular weight excluding hydrogens is 395 g/mol. The van der Waals surface area contributed by atoms with Gasteiger partial charge in [0.2, 0.25) is 0 Å². The molecule has 1 heterocycles. The first-order valence-corrected chi connectivity index (χ1v) is 9.02. The molecule has 0 aliphatic rings. The lowest BCUT2D eigenvalue weighted by Crippen LogP contribution is -2.35. The van der Waals surface area contributed by atoms with Crippen LogP contribution in [0.1, 0.15) is 6.42 Å². The number of H-pyrrole nitrogens is 1. The Hall–Kier alpha value is -1.16. The Morgan fingerprint density at radius 1 is 1.30 bits per heavy atom. The van der Waals surface area contributed by atoms with E-state index in [-0.39, 0.29) is 18.7 Å². The average Bonchev–Trinajstić information content (AvgIpc) is 2.33. The highest BCUT2D eigenvalue weighted by atomic mass is 127. The maximum atomic E-state index is 12.2. The van der Waals surface area contributed by atoms with E-state index >= 15 is 0 Å². The smallest absolute Gasteiger partial charge is 0.306 e. The van der Waals surface area contributed by atoms with E-state index in [0.717, 1.165) is 14.4 Å². The van der Waals surface area contributed by atoms with Gasteiger partial charge in [-0.05, 0) is 41.1 Å². The van der Waals surface area contributed by atoms with Gasteiger partial charge >= 0.3 is 5.69 Å². The van der Waals surface area contributed by atoms with Gasteiger partial charge in [0, 0.05) is 16.4 Å². The molecule has 1 aromatic heterocycles. The maximum absolute atomic E-state index is 12.2. The quantitative estimate of drug-likeness (QED) is 0.756. The van der Waals surface area contributed by atoms with Crippen LogP contribution in [0.5, 0.6) is 0 Å². The van der Waals surface area contributed by atoms with Crippen LogP contribution < -0.4 is 11.2 Å². The summed E-state index contributed by atoms with van der Waals surface area (Å²) >= 11 is 2.04. The van der Waals surface area contributed by atoms with Crippen molar-refractivity contribution < 1.29 is 8.42 Å². The highest BCUT2D eigenvalue weighted by Crippen LogP contribution is 2.13. The number of fused-ring (bicyclic) bond motifs is 1. The van der Waals surface area contributed by atoms with Crippen LogP contribution in [0.4, 0.5) is 0 Å². The fourth-order valence-electron chi connectivity index (χ4n) is 1.93. The Bertz CT molecular complexity index is 867. The second-order valence-corrected chi connectivity index (χ2v) is 7.95. The molecule has 8 heteroatoms. The van der Waals surface area contributed by atoms with Gasteiger partial charge in [-0.3, -0.25) is 9.36 Å². The van der Waals surface area contributed by atoms with Crippen molar-refractivity contribution in [1.29, 1.82) is 0 Å². The number of aromatic nitrogens is 2. The SMILES string of the molecule is CS(=O)(=O)CCCn1c(=O)[nH]c2c(I)cccc2c1=O. The monoisotopic (exact) mass is 408 g/mol. The molecule has 0 bridgehead atoms. The van der Waals surface area contributed by atoms with Crippen molar-refractivity contribution in [2.24, 2.45) is 0 Å². The number of nitrogens with one attached hydrogen (secondary N) is 1. The summed E-state index contributed by atoms with van der Waals surface area (Å²) in [6, 6.07) is 5.18. The van der Waals surface area contributed by atoms with Gasteiger partial charge in [0.15, 0.2) is 0 Å². The van der Waals surface area contributed by atoms with Crippen molar-refractivity contribution in [1.82, 2.24) is 9.55 Å². The summed E-state index contributed by atoms with van der Waals surface area (Å²) in [5, 5.41) is 0.427. The van der Waals surface area contributed by atoms with Crippen molar-refractivity contribution in [3.05, 3.63) is 42.6 Å². The van der Waals surface area contributed by atoms with Gasteiger partial charge in [0.05, 0.1) is 16.7 Å². The average molecular weight is 408 g/mol. The molecular formula is C12H13IN2O4S. The fraction of sp³-hybridized carbons (Fsp3) is 0.333. The van der Waals surface area contributed by atoms with Crippen molar-refractivity contribution in [2.45, 2.75) is 13.0 Å². The minimum atomic E-state index is -3.10. The molecule has 0 unspecified atom stereocenters. The summed E-state index contributed by atoms with van der Waals surface area (Å²) in [6.07, 6.45) is 1.36. The number of halogens is 1. The van der Waals surface area contributed by atoms with Crippen molar-refractivity contribution >= 4 is 43.3 Å². The molecule has 0 aliphatic carbocycles. The largest absolute Gasteiger partial charge is 0.328 e. The van der Waals surface area contributed by atoms with Gasteiger partial charge in [-0.1, -0.05) is 6.07 Å². The number of nitrogens with zero attached hydrogens (tertiary/aromatic N) is 1. The number of para-hydroxylation sites is 1. The predicted molar refractivity (Wildman–Crippen MR) is 85.9 cm³/mol. The van der Waals surface area contributed by atoms with Crippen molar-refractivity contribution in [2.75, 3.05) is 12.0 Å². The van der Waals surface area contributed by atoms with Crippen LogP contribution in [-0.2, 0) is 16.4 Å². The molecule has 0 fully saturated rings. The van der Waals surface area contributed by atoms with E-state index in [9.17, 15) is 18.0 Å². The Morgan fingerprint density at radius 3 is 2.65 bits per heavy atom. The normalized spacial score (nSPS) is 11.9. The van der Waals surface area contributed by atoms with Crippen LogP contribution in [0, 0.1) is 3.57 Å². The zero-order valence-corrected chi connectivity index (χ0v) is 13.7. The third-order valence-corrected chi connectivity index (χ3v) is 4.79. The third-order valence-electron chi connectivity index (χ3n) is 2.86. The van der Waals surface area contributed by atoms with Crippen LogP contribution in [0.2, 0.25) is 0 Å². The van der Waals surface area contributed by atoms with Gasteiger partial charge in [-0.15, -0.1) is 0 Å². The highest BCUT2D eigenvalue weighted by molar-refractivity contribution is 14.1. The first-order chi connectivity index (χ1) is 9.29. The fourth-order valence-corrected chi connectivity index (χ4v) is 3.22. The first kappa shape index (κ1) is 15.2. The van der Waals surface area contributed by atoms with Gasteiger partial charge in [0.25, 0.3) is 5.56 Å². The molecule has 0 spiro atoms. The van der Waals surface area contributed by atoms with E-state index in [1.807, 2.05) is 22.6 Å². The molecule has 0 saturated carbocycles. The lowest BCUT2D eigenvalue weighted by molar-refractivity contribution is 0.583. The van der Waals surface area contributed by atoms with E-state index in [2.05, 4.69) is 4.98 Å². The molecule has 6 nitrogen and oxygen atoms in total. The van der Waals surface area contributed by atoms with E-state index in [4.69, 9.17) is 0 Å². The molecule has 2 aromatic rings. The van der Waals surface area contributed by atoms with Crippen LogP contribution in [0.15, 0.2) is 27.8 Å². The topological polar surface area (TPSA) is 89.0 Å². The number of rotatable bonds is 4. The van der Waals surface area contributed by atoms with Crippen molar-refractivity contribution in [3.8, 4) is 0 Å². The van der Waals surface area contributed by atoms with Crippen LogP contribution >= 0.6 is 22.6 Å². The van der Waals surface area contributed by atoms with Gasteiger partial charge in [-0.2, -0.15) is 0 Å². The second-order valence-electron chi connectivity index (χ2n) is 4.53. The number of hydrogen-bond acceptors (Lipinski definition) is 4. The lowest BCUT2D eigenvalue weighted by atomic mass is 10.2. The predicted octanol–water partition coefficient (Wildman–Crippen LogP) is 0.729. The third kappa shape index (κ3) is 3.29. The summed E-state index contributed by atoms with van der Waals surface area (Å²) in [7, 11) is -3.10. The summed E-state index contributed by atoms with van der Waals surface area (Å²) in [5.74, 6) is -0.0523. The summed E-state index contributed by atoms with van der Waals surface area (Å²) in [6.45, 7) is 0.0860. The zero-order valence-electron chi connectivity index (χ0n) is 10.7. The molecule has 108 valence electrons. The summed E-state index contributed by atoms with van der Waals surface area (Å²) < 4.78 is 24.0. The van der Waals surface area contributed by atoms with Crippen LogP contribution in [0.25, 0.3) is 10.9 Å². The standard InChI is InChI=1S/C12H13IN2O4S/c1-20(18,19)7-3-6-15-11(16)8-4-2-5-9(13)10(8)14-12(15)17/h2,4-5H,3,6-7H2,1H3,(H,14,17). The van der Waals surface area contributed by atoms with Crippen LogP contribution in [-0.4, -0.2) is 30.0 Å². The molecule has 1 aromatic carbocycles. The Morgan fingerprint density at radius 2 is 2.00 bits per heavy atom. The maximum Gasteiger partial charge on any atom is 0.328 e. The number of hydrogen-bond donors (Lipinski definition) is 1. The Kier molecular flexibility index (Phi) is 4.33. The molecule has 20 heavy (non-hydrogen) atoms. The van der Waals surface area contributed by atoms with E-state index in [1.165, 1.54) is 0 Å². The van der Waals surface area contributed by atoms with E-state index in [1.54, 1.807) is 18.2 Å². The molecule has 0 aliphatic heterocycles. The molecule has 2 rings (SSSR count). The zero-order chi connectivity index (χ0) is 14.9. The molecule has 0 radical (unpaired) electrons. The van der Waals surface area contributed by atoms with Gasteiger partial charge < -0.3 is 4.98 Å². The Balaban J connectivity index is 2.45. The lowest BCUT2D eigenvalue weighted by Gasteiger charge is -2.06. The highest BCUT2D eigenvalue weighted by Gasteiger charge is 2.10. The van der Waals surface area contributed by atoms with E-state index < -0.39 is 21.1 Å². The minimum absolute atomic E-state index is 0.0523. The first-order valence-electron chi connectivity index (χ1n) is 5.88. The summed E-state index contributed by atoms with van der Waals surface area (Å²) in [4.78, 5) is 26.8. The van der Waals surface area contributed by atoms with Crippen LogP contribution in [0.3, 0.4) is 0 Å². The van der Waals surface area contributed by atoms with Gasteiger partial charge in [0.1, 0.15) is 9.84 Å². The number of benzene rings is 1. The number of sulfone groups is 1. The van der Waals surface area contributed by atoms with Crippen molar-refractivity contribution in [3.63, 3.8) is 0 Å². The minimum Gasteiger partial charge on any atom is -0.306 e. The van der Waals surface area contributed by atoms with Gasteiger partial charge in [-0.25, -0.2) is 13.2 Å². The summed E-state index contributed by atoms with van der Waals surface area (Å²) in [5.41, 5.74) is -0.390.